The fraction of sp³-hybridized carbons (Fsp3) is 1.00. The van der Waals surface area contributed by atoms with Gasteiger partial charge in [0.15, 0.2) is 5.79 Å². The van der Waals surface area contributed by atoms with Crippen LogP contribution in [0, 0.1) is 0 Å². The Labute approximate surface area is 66.8 Å². The normalized spacial score (nSPS) is 49.6. The second-order valence-corrected chi connectivity index (χ2v) is 3.57. The number of methoxy groups -OCH3 is 1. The summed E-state index contributed by atoms with van der Waals surface area (Å²) >= 11 is 0. The first-order valence-electron chi connectivity index (χ1n) is 4.20. The van der Waals surface area contributed by atoms with Gasteiger partial charge in [-0.1, -0.05) is 0 Å². The van der Waals surface area contributed by atoms with Crippen LogP contribution in [0.4, 0.5) is 0 Å². The predicted octanol–water partition coefficient (Wildman–Crippen LogP) is 0.631. The van der Waals surface area contributed by atoms with E-state index in [9.17, 15) is 0 Å². The van der Waals surface area contributed by atoms with Crippen LogP contribution in [0.15, 0.2) is 0 Å². The lowest BCUT2D eigenvalue weighted by Gasteiger charge is -2.34. The van der Waals surface area contributed by atoms with Crippen LogP contribution in [-0.2, 0) is 9.47 Å². The minimum absolute atomic E-state index is 0.193. The molecule has 0 radical (unpaired) electrons. The standard InChI is InChI=1S/C8H15NO2/c1-10-8-4-2-3-7(8,9)5-6-11-8/h2-6,9H2,1H3/t7-,8+/m1/s1. The number of rotatable bonds is 1. The van der Waals surface area contributed by atoms with E-state index in [4.69, 9.17) is 15.2 Å². The van der Waals surface area contributed by atoms with Gasteiger partial charge in [-0.15, -0.1) is 0 Å². The molecule has 0 aromatic carbocycles. The van der Waals surface area contributed by atoms with Crippen LogP contribution >= 0.6 is 0 Å². The zero-order chi connectivity index (χ0) is 7.95. The summed E-state index contributed by atoms with van der Waals surface area (Å²) in [6.45, 7) is 0.754. The number of hydrogen-bond acceptors (Lipinski definition) is 3. The summed E-state index contributed by atoms with van der Waals surface area (Å²) in [6.07, 6.45) is 4.08. The van der Waals surface area contributed by atoms with Crippen LogP contribution in [0.25, 0.3) is 0 Å². The minimum atomic E-state index is -0.438. The minimum Gasteiger partial charge on any atom is -0.351 e. The molecule has 2 N–H and O–H groups in total. The molecule has 1 aliphatic carbocycles. The Morgan fingerprint density at radius 1 is 1.36 bits per heavy atom. The van der Waals surface area contributed by atoms with E-state index in [2.05, 4.69) is 0 Å². The maximum absolute atomic E-state index is 6.16. The topological polar surface area (TPSA) is 44.5 Å². The molecular formula is C8H15NO2. The molecule has 3 nitrogen and oxygen atoms in total. The highest BCUT2D eigenvalue weighted by atomic mass is 16.7. The number of ether oxygens (including phenoxy) is 2. The zero-order valence-corrected chi connectivity index (χ0v) is 6.93. The lowest BCUT2D eigenvalue weighted by molar-refractivity contribution is -0.210. The van der Waals surface area contributed by atoms with Crippen LogP contribution in [-0.4, -0.2) is 25.0 Å². The molecular weight excluding hydrogens is 142 g/mol. The molecule has 0 aromatic heterocycles. The Kier molecular flexibility index (Phi) is 1.50. The molecule has 1 saturated carbocycles. The smallest absolute Gasteiger partial charge is 0.186 e. The molecule has 1 aliphatic heterocycles. The average Bonchev–Trinajstić information content (AvgIpc) is 2.41. The summed E-state index contributed by atoms with van der Waals surface area (Å²) in [7, 11) is 1.69. The van der Waals surface area contributed by atoms with Gasteiger partial charge in [0.1, 0.15) is 0 Å². The van der Waals surface area contributed by atoms with Gasteiger partial charge in [-0.3, -0.25) is 0 Å². The van der Waals surface area contributed by atoms with E-state index in [0.29, 0.717) is 0 Å². The number of nitrogens with two attached hydrogens (primary N) is 1. The molecule has 64 valence electrons. The van der Waals surface area contributed by atoms with Crippen molar-refractivity contribution >= 4 is 0 Å². The van der Waals surface area contributed by atoms with Crippen molar-refractivity contribution in [3.8, 4) is 0 Å². The Morgan fingerprint density at radius 2 is 2.18 bits per heavy atom. The first-order valence-corrected chi connectivity index (χ1v) is 4.20. The Bertz CT molecular complexity index is 159. The highest BCUT2D eigenvalue weighted by Gasteiger charge is 2.57. The summed E-state index contributed by atoms with van der Waals surface area (Å²) in [4.78, 5) is 0. The van der Waals surface area contributed by atoms with Crippen molar-refractivity contribution in [1.29, 1.82) is 0 Å². The van der Waals surface area contributed by atoms with Crippen molar-refractivity contribution in [3.05, 3.63) is 0 Å². The summed E-state index contributed by atoms with van der Waals surface area (Å²) in [5.41, 5.74) is 5.97. The van der Waals surface area contributed by atoms with E-state index in [1.807, 2.05) is 0 Å². The Balaban J connectivity index is 2.28. The largest absolute Gasteiger partial charge is 0.351 e. The van der Waals surface area contributed by atoms with E-state index in [0.717, 1.165) is 32.3 Å². The molecule has 2 fully saturated rings. The molecule has 0 unspecified atom stereocenters. The van der Waals surface area contributed by atoms with Crippen molar-refractivity contribution in [2.75, 3.05) is 13.7 Å². The lowest BCUT2D eigenvalue weighted by Crippen LogP contribution is -2.54. The molecule has 0 bridgehead atoms. The SMILES string of the molecule is CO[C@]12CCC[C@@]1(N)CCO2. The fourth-order valence-corrected chi connectivity index (χ4v) is 2.37. The highest BCUT2D eigenvalue weighted by Crippen LogP contribution is 2.47. The van der Waals surface area contributed by atoms with Gasteiger partial charge in [0.05, 0.1) is 12.1 Å². The maximum Gasteiger partial charge on any atom is 0.186 e. The Morgan fingerprint density at radius 3 is 2.82 bits per heavy atom. The van der Waals surface area contributed by atoms with Crippen LogP contribution in [0.2, 0.25) is 0 Å². The van der Waals surface area contributed by atoms with Gasteiger partial charge >= 0.3 is 0 Å². The first-order chi connectivity index (χ1) is 5.22. The molecule has 1 heterocycles. The van der Waals surface area contributed by atoms with Crippen LogP contribution < -0.4 is 5.73 Å². The molecule has 11 heavy (non-hydrogen) atoms. The summed E-state index contributed by atoms with van der Waals surface area (Å²) in [5, 5.41) is 0. The van der Waals surface area contributed by atoms with Crippen LogP contribution in [0.3, 0.4) is 0 Å². The van der Waals surface area contributed by atoms with E-state index < -0.39 is 5.79 Å². The van der Waals surface area contributed by atoms with E-state index >= 15 is 0 Å². The van der Waals surface area contributed by atoms with E-state index in [1.165, 1.54) is 0 Å². The first kappa shape index (κ1) is 7.53. The van der Waals surface area contributed by atoms with Gasteiger partial charge in [-0.25, -0.2) is 0 Å². The van der Waals surface area contributed by atoms with Crippen LogP contribution in [0.5, 0.6) is 0 Å². The van der Waals surface area contributed by atoms with Crippen molar-refractivity contribution in [2.45, 2.75) is 37.0 Å². The van der Waals surface area contributed by atoms with Gasteiger partial charge in [0.2, 0.25) is 0 Å². The third-order valence-electron chi connectivity index (χ3n) is 3.10. The molecule has 3 heteroatoms. The van der Waals surface area contributed by atoms with Gasteiger partial charge in [0.25, 0.3) is 0 Å². The van der Waals surface area contributed by atoms with Gasteiger partial charge in [-0.2, -0.15) is 0 Å². The predicted molar refractivity (Wildman–Crippen MR) is 41.1 cm³/mol. The quantitative estimate of drug-likeness (QED) is 0.607. The maximum atomic E-state index is 6.16. The zero-order valence-electron chi connectivity index (χ0n) is 6.93. The lowest BCUT2D eigenvalue weighted by atomic mass is 9.92. The molecule has 0 spiro atoms. The highest BCUT2D eigenvalue weighted by molar-refractivity contribution is 5.07. The molecule has 1 saturated heterocycles. The van der Waals surface area contributed by atoms with Crippen molar-refractivity contribution in [2.24, 2.45) is 5.73 Å². The van der Waals surface area contributed by atoms with Crippen molar-refractivity contribution in [1.82, 2.24) is 0 Å². The third-order valence-corrected chi connectivity index (χ3v) is 3.10. The average molecular weight is 157 g/mol. The number of fused-ring (bicyclic) bond motifs is 1. The van der Waals surface area contributed by atoms with Crippen LogP contribution in [0.1, 0.15) is 25.7 Å². The summed E-state index contributed by atoms with van der Waals surface area (Å²) < 4.78 is 10.9. The Hall–Kier alpha value is -0.120. The third kappa shape index (κ3) is 0.789. The summed E-state index contributed by atoms with van der Waals surface area (Å²) in [6, 6.07) is 0. The molecule has 2 rings (SSSR count). The molecule has 2 aliphatic rings. The van der Waals surface area contributed by atoms with Crippen molar-refractivity contribution in [3.63, 3.8) is 0 Å². The van der Waals surface area contributed by atoms with Crippen molar-refractivity contribution < 1.29 is 9.47 Å². The van der Waals surface area contributed by atoms with E-state index in [-0.39, 0.29) is 5.54 Å². The van der Waals surface area contributed by atoms with E-state index in [1.54, 1.807) is 7.11 Å². The van der Waals surface area contributed by atoms with Gasteiger partial charge in [0, 0.05) is 13.5 Å². The molecule has 0 aromatic rings. The number of hydrogen-bond donors (Lipinski definition) is 1. The monoisotopic (exact) mass is 157 g/mol. The van der Waals surface area contributed by atoms with Gasteiger partial charge < -0.3 is 15.2 Å². The fourth-order valence-electron chi connectivity index (χ4n) is 2.37. The second kappa shape index (κ2) is 2.19. The molecule has 0 amide bonds. The second-order valence-electron chi connectivity index (χ2n) is 3.57. The summed E-state index contributed by atoms with van der Waals surface area (Å²) in [5.74, 6) is -0.438. The van der Waals surface area contributed by atoms with Gasteiger partial charge in [-0.05, 0) is 19.3 Å². The molecule has 2 atom stereocenters.